The highest BCUT2D eigenvalue weighted by molar-refractivity contribution is 5.34. The highest BCUT2D eigenvalue weighted by Crippen LogP contribution is 2.34. The Morgan fingerprint density at radius 1 is 1.25 bits per heavy atom. The van der Waals surface area contributed by atoms with Gasteiger partial charge in [-0.2, -0.15) is 0 Å². The van der Waals surface area contributed by atoms with Gasteiger partial charge in [-0.3, -0.25) is 4.90 Å². The molecule has 112 valence electrons. The van der Waals surface area contributed by atoms with Crippen molar-refractivity contribution in [3.05, 3.63) is 23.9 Å². The van der Waals surface area contributed by atoms with E-state index in [-0.39, 0.29) is 0 Å². The highest BCUT2D eigenvalue weighted by Gasteiger charge is 2.27. The first-order valence-corrected chi connectivity index (χ1v) is 7.85. The molecule has 0 bridgehead atoms. The smallest absolute Gasteiger partial charge is 0.126 e. The minimum Gasteiger partial charge on any atom is -0.373 e. The van der Waals surface area contributed by atoms with Crippen molar-refractivity contribution in [1.82, 2.24) is 9.88 Å². The van der Waals surface area contributed by atoms with E-state index in [1.807, 2.05) is 13.1 Å². The molecule has 2 heterocycles. The Hall–Kier alpha value is -1.09. The third-order valence-electron chi connectivity index (χ3n) is 4.49. The van der Waals surface area contributed by atoms with Gasteiger partial charge in [-0.25, -0.2) is 4.98 Å². The van der Waals surface area contributed by atoms with E-state index in [0.29, 0.717) is 5.41 Å². The summed E-state index contributed by atoms with van der Waals surface area (Å²) >= 11 is 0. The molecule has 3 heteroatoms. The molecular weight excluding hydrogens is 246 g/mol. The second kappa shape index (κ2) is 6.57. The largest absolute Gasteiger partial charge is 0.373 e. The van der Waals surface area contributed by atoms with Crippen molar-refractivity contribution < 1.29 is 0 Å². The molecule has 1 N–H and O–H groups in total. The molecule has 0 radical (unpaired) electrons. The van der Waals surface area contributed by atoms with Gasteiger partial charge in [-0.15, -0.1) is 0 Å². The maximum absolute atomic E-state index is 4.63. The van der Waals surface area contributed by atoms with E-state index in [4.69, 9.17) is 0 Å². The van der Waals surface area contributed by atoms with Crippen LogP contribution in [-0.4, -0.2) is 30.0 Å². The minimum absolute atomic E-state index is 0.445. The summed E-state index contributed by atoms with van der Waals surface area (Å²) in [6.07, 6.45) is 3.99. The lowest BCUT2D eigenvalue weighted by atomic mass is 9.77. The number of anilines is 1. The van der Waals surface area contributed by atoms with Crippen molar-refractivity contribution in [2.24, 2.45) is 11.3 Å². The number of nitrogens with zero attached hydrogens (tertiary/aromatic N) is 2. The molecule has 3 nitrogen and oxygen atoms in total. The molecule has 1 aromatic heterocycles. The average molecular weight is 275 g/mol. The van der Waals surface area contributed by atoms with Crippen molar-refractivity contribution in [1.29, 1.82) is 0 Å². The molecule has 2 rings (SSSR count). The zero-order valence-corrected chi connectivity index (χ0v) is 13.4. The molecule has 1 aliphatic rings. The van der Waals surface area contributed by atoms with E-state index >= 15 is 0 Å². The summed E-state index contributed by atoms with van der Waals surface area (Å²) in [5.74, 6) is 1.81. The van der Waals surface area contributed by atoms with Gasteiger partial charge in [0.1, 0.15) is 5.82 Å². The van der Waals surface area contributed by atoms with E-state index in [2.05, 4.69) is 48.1 Å². The monoisotopic (exact) mass is 275 g/mol. The van der Waals surface area contributed by atoms with E-state index in [9.17, 15) is 0 Å². The van der Waals surface area contributed by atoms with E-state index in [1.54, 1.807) is 0 Å². The first-order chi connectivity index (χ1) is 9.49. The molecule has 1 unspecified atom stereocenters. The number of aromatic nitrogens is 1. The molecular formula is C17H29N3. The molecule has 1 fully saturated rings. The van der Waals surface area contributed by atoms with Crippen LogP contribution in [0, 0.1) is 11.3 Å². The summed E-state index contributed by atoms with van der Waals surface area (Å²) in [6.45, 7) is 10.5. The Labute approximate surface area is 123 Å². The zero-order valence-electron chi connectivity index (χ0n) is 13.4. The van der Waals surface area contributed by atoms with Crippen LogP contribution in [-0.2, 0) is 6.54 Å². The van der Waals surface area contributed by atoms with Crippen LogP contribution in [0.1, 0.15) is 45.7 Å². The number of hydrogen-bond donors (Lipinski definition) is 1. The first kappa shape index (κ1) is 15.3. The normalized spacial score (nSPS) is 21.5. The minimum atomic E-state index is 0.445. The van der Waals surface area contributed by atoms with Crippen molar-refractivity contribution in [2.75, 3.05) is 25.5 Å². The Kier molecular flexibility index (Phi) is 5.03. The van der Waals surface area contributed by atoms with Gasteiger partial charge in [0.05, 0.1) is 5.69 Å². The predicted molar refractivity (Wildman–Crippen MR) is 85.9 cm³/mol. The molecule has 0 saturated carbocycles. The van der Waals surface area contributed by atoms with Gasteiger partial charge >= 0.3 is 0 Å². The number of likely N-dealkylation sites (tertiary alicyclic amines) is 1. The van der Waals surface area contributed by atoms with Crippen LogP contribution in [0.25, 0.3) is 0 Å². The SMILES string of the molecule is CNc1cccc(CN2CCCC(C(C)(C)C)CC2)n1. The Morgan fingerprint density at radius 3 is 2.75 bits per heavy atom. The average Bonchev–Trinajstić information content (AvgIpc) is 2.64. The molecule has 1 aromatic rings. The van der Waals surface area contributed by atoms with Gasteiger partial charge in [-0.05, 0) is 55.8 Å². The second-order valence-corrected chi connectivity index (χ2v) is 7.03. The first-order valence-electron chi connectivity index (χ1n) is 7.85. The third kappa shape index (κ3) is 4.20. The molecule has 0 aromatic carbocycles. The van der Waals surface area contributed by atoms with Crippen molar-refractivity contribution in [3.8, 4) is 0 Å². The summed E-state index contributed by atoms with van der Waals surface area (Å²) < 4.78 is 0. The van der Waals surface area contributed by atoms with Gasteiger partial charge < -0.3 is 5.32 Å². The van der Waals surface area contributed by atoms with Gasteiger partial charge in [0.2, 0.25) is 0 Å². The maximum Gasteiger partial charge on any atom is 0.126 e. The lowest BCUT2D eigenvalue weighted by Crippen LogP contribution is -2.26. The van der Waals surface area contributed by atoms with Crippen LogP contribution < -0.4 is 5.32 Å². The van der Waals surface area contributed by atoms with Crippen LogP contribution in [0.4, 0.5) is 5.82 Å². The summed E-state index contributed by atoms with van der Waals surface area (Å²) in [7, 11) is 1.92. The van der Waals surface area contributed by atoms with Crippen LogP contribution >= 0.6 is 0 Å². The molecule has 0 amide bonds. The fourth-order valence-corrected chi connectivity index (χ4v) is 3.12. The quantitative estimate of drug-likeness (QED) is 0.910. The van der Waals surface area contributed by atoms with Crippen molar-refractivity contribution >= 4 is 5.82 Å². The summed E-state index contributed by atoms with van der Waals surface area (Å²) in [4.78, 5) is 7.19. The van der Waals surface area contributed by atoms with E-state index in [0.717, 1.165) is 18.3 Å². The van der Waals surface area contributed by atoms with Gasteiger partial charge in [0.15, 0.2) is 0 Å². The molecule has 0 aliphatic carbocycles. The topological polar surface area (TPSA) is 28.2 Å². The fourth-order valence-electron chi connectivity index (χ4n) is 3.12. The Bertz CT molecular complexity index is 422. The fraction of sp³-hybridized carbons (Fsp3) is 0.706. The molecule has 0 spiro atoms. The van der Waals surface area contributed by atoms with Crippen LogP contribution in [0.15, 0.2) is 18.2 Å². The van der Waals surface area contributed by atoms with Crippen LogP contribution in [0.2, 0.25) is 0 Å². The molecule has 1 saturated heterocycles. The lowest BCUT2D eigenvalue weighted by Gasteiger charge is -2.29. The van der Waals surface area contributed by atoms with Gasteiger partial charge in [0, 0.05) is 13.6 Å². The third-order valence-corrected chi connectivity index (χ3v) is 4.49. The molecule has 20 heavy (non-hydrogen) atoms. The number of pyridine rings is 1. The van der Waals surface area contributed by atoms with E-state index in [1.165, 1.54) is 38.0 Å². The number of hydrogen-bond acceptors (Lipinski definition) is 3. The van der Waals surface area contributed by atoms with Crippen LogP contribution in [0.5, 0.6) is 0 Å². The van der Waals surface area contributed by atoms with Crippen LogP contribution in [0.3, 0.4) is 0 Å². The standard InChI is InChI=1S/C17H29N3/c1-17(2,3)14-7-6-11-20(12-10-14)13-15-8-5-9-16(18-4)19-15/h5,8-9,14H,6-7,10-13H2,1-4H3,(H,18,19). The number of nitrogens with one attached hydrogen (secondary N) is 1. The zero-order chi connectivity index (χ0) is 14.6. The Morgan fingerprint density at radius 2 is 2.05 bits per heavy atom. The van der Waals surface area contributed by atoms with Gasteiger partial charge in [-0.1, -0.05) is 26.8 Å². The lowest BCUT2D eigenvalue weighted by molar-refractivity contribution is 0.206. The highest BCUT2D eigenvalue weighted by atomic mass is 15.1. The molecule has 1 atom stereocenters. The molecule has 1 aliphatic heterocycles. The van der Waals surface area contributed by atoms with E-state index < -0.39 is 0 Å². The summed E-state index contributed by atoms with van der Waals surface area (Å²) in [5, 5.41) is 3.11. The van der Waals surface area contributed by atoms with Crippen molar-refractivity contribution in [2.45, 2.75) is 46.6 Å². The predicted octanol–water partition coefficient (Wildman–Crippen LogP) is 3.77. The Balaban J connectivity index is 1.94. The number of rotatable bonds is 3. The maximum atomic E-state index is 4.63. The van der Waals surface area contributed by atoms with Crippen molar-refractivity contribution in [3.63, 3.8) is 0 Å². The second-order valence-electron chi connectivity index (χ2n) is 7.03. The summed E-state index contributed by atoms with van der Waals surface area (Å²) in [6, 6.07) is 6.23. The summed E-state index contributed by atoms with van der Waals surface area (Å²) in [5.41, 5.74) is 1.62. The van der Waals surface area contributed by atoms with Gasteiger partial charge in [0.25, 0.3) is 0 Å².